The highest BCUT2D eigenvalue weighted by Gasteiger charge is 2.30. The number of hydrogen-bond donors (Lipinski definition) is 0. The second-order valence-corrected chi connectivity index (χ2v) is 12.5. The molecule has 36 heavy (non-hydrogen) atoms. The molecule has 0 aliphatic rings. The van der Waals surface area contributed by atoms with Crippen molar-refractivity contribution in [3.8, 4) is 0 Å². The predicted molar refractivity (Wildman–Crippen MR) is 147 cm³/mol. The molecule has 0 bridgehead atoms. The van der Waals surface area contributed by atoms with Crippen LogP contribution >= 0.6 is 39.1 Å². The van der Waals surface area contributed by atoms with Crippen molar-refractivity contribution in [3.63, 3.8) is 0 Å². The Morgan fingerprint density at radius 2 is 1.44 bits per heavy atom. The van der Waals surface area contributed by atoms with Crippen molar-refractivity contribution < 1.29 is 19.0 Å². The molecule has 1 aromatic carbocycles. The summed E-state index contributed by atoms with van der Waals surface area (Å²) in [6.45, 7) is 16.5. The Hall–Kier alpha value is -2.10. The number of halogens is 3. The molecule has 0 spiro atoms. The van der Waals surface area contributed by atoms with Crippen LogP contribution in [0.5, 0.6) is 0 Å². The van der Waals surface area contributed by atoms with Gasteiger partial charge in [0.2, 0.25) is 5.82 Å². The van der Waals surface area contributed by atoms with Crippen molar-refractivity contribution in [2.45, 2.75) is 85.7 Å². The van der Waals surface area contributed by atoms with E-state index in [1.165, 1.54) is 11.1 Å². The lowest BCUT2D eigenvalue weighted by Gasteiger charge is -2.29. The summed E-state index contributed by atoms with van der Waals surface area (Å²) in [6.07, 6.45) is 0.759. The van der Waals surface area contributed by atoms with Crippen LogP contribution in [0.25, 0.3) is 0 Å². The Morgan fingerprint density at radius 1 is 0.944 bits per heavy atom. The van der Waals surface area contributed by atoms with Crippen molar-refractivity contribution in [2.24, 2.45) is 4.99 Å². The van der Waals surface area contributed by atoms with Crippen LogP contribution in [0, 0.1) is 0 Å². The highest BCUT2D eigenvalue weighted by atomic mass is 79.9. The molecule has 1 heterocycles. The third-order valence-electron chi connectivity index (χ3n) is 3.94. The predicted octanol–water partition coefficient (Wildman–Crippen LogP) is 8.11. The van der Waals surface area contributed by atoms with Gasteiger partial charge in [0.1, 0.15) is 21.4 Å². The van der Waals surface area contributed by atoms with Crippen molar-refractivity contribution in [3.05, 3.63) is 44.6 Å². The van der Waals surface area contributed by atoms with E-state index in [-0.39, 0.29) is 24.3 Å². The van der Waals surface area contributed by atoms with Crippen LogP contribution in [0.3, 0.4) is 0 Å². The fraction of sp³-hybridized carbons (Fsp3) is 0.520. The van der Waals surface area contributed by atoms with Crippen LogP contribution in [-0.4, -0.2) is 38.9 Å². The normalized spacial score (nSPS) is 12.1. The number of carbonyl (C=O) groups excluding carboxylic acids is 1. The second kappa shape index (κ2) is 11.5. The lowest BCUT2D eigenvalue weighted by molar-refractivity contribution is 0.00970. The molecule has 198 valence electrons. The summed E-state index contributed by atoms with van der Waals surface area (Å²) in [5.41, 5.74) is -1.48. The molecule has 0 atom stereocenters. The first-order valence-electron chi connectivity index (χ1n) is 11.3. The van der Waals surface area contributed by atoms with E-state index in [9.17, 15) is 4.79 Å². The molecule has 2 aromatic rings. The summed E-state index contributed by atoms with van der Waals surface area (Å²) in [5, 5.41) is 0.772. The largest absolute Gasteiger partial charge is 0.445 e. The number of hydrogen-bond acceptors (Lipinski definition) is 7. The average molecular weight is 604 g/mol. The fourth-order valence-corrected chi connectivity index (χ4v) is 3.46. The first kappa shape index (κ1) is 30.1. The minimum atomic E-state index is -0.779. The molecule has 0 saturated carbocycles. The maximum absolute atomic E-state index is 13.4. The van der Waals surface area contributed by atoms with Gasteiger partial charge in [-0.15, -0.1) is 0 Å². The van der Waals surface area contributed by atoms with Gasteiger partial charge in [-0.25, -0.2) is 14.8 Å². The summed E-state index contributed by atoms with van der Waals surface area (Å²) in [7, 11) is 0. The fourth-order valence-electron chi connectivity index (χ4n) is 2.67. The van der Waals surface area contributed by atoms with Crippen LogP contribution in [-0.2, 0) is 20.8 Å². The van der Waals surface area contributed by atoms with Crippen molar-refractivity contribution in [2.75, 3.05) is 4.90 Å². The van der Waals surface area contributed by atoms with E-state index < -0.39 is 22.9 Å². The molecule has 0 unspecified atom stereocenters. The first-order chi connectivity index (χ1) is 16.3. The van der Waals surface area contributed by atoms with Gasteiger partial charge in [-0.3, -0.25) is 4.90 Å². The Morgan fingerprint density at radius 3 is 1.92 bits per heavy atom. The number of nitrogens with zero attached hydrogens (tertiary/aromatic N) is 4. The minimum absolute atomic E-state index is 0.0206. The molecule has 0 aliphatic heterocycles. The molecule has 0 aliphatic carbocycles. The monoisotopic (exact) mass is 602 g/mol. The number of ether oxygens (including phenoxy) is 3. The third kappa shape index (κ3) is 9.75. The standard InChI is InChI=1S/C25H33BrCl2N4O4/c1-23(2,3)34-21(35-24(4,5)6)31-19-20(30-18(26)13-29-19)32(22(33)36-25(7,8)9)14-15-16(27)11-10-12-17(15)28/h10-13H,14H2,1-9H3. The molecule has 11 heteroatoms. The van der Waals surface area contributed by atoms with E-state index in [4.69, 9.17) is 37.4 Å². The van der Waals surface area contributed by atoms with E-state index in [0.717, 1.165) is 0 Å². The molecular formula is C25H33BrCl2N4O4. The zero-order valence-corrected chi connectivity index (χ0v) is 25.2. The lowest BCUT2D eigenvalue weighted by atomic mass is 10.2. The zero-order valence-electron chi connectivity index (χ0n) is 22.1. The molecule has 0 N–H and O–H groups in total. The maximum Gasteiger partial charge on any atom is 0.416 e. The van der Waals surface area contributed by atoms with Crippen molar-refractivity contribution >= 4 is 62.9 Å². The highest BCUT2D eigenvalue weighted by Crippen LogP contribution is 2.33. The number of aliphatic imine (C=N–C) groups is 1. The van der Waals surface area contributed by atoms with Crippen LogP contribution in [0.15, 0.2) is 34.0 Å². The minimum Gasteiger partial charge on any atom is -0.445 e. The molecule has 0 saturated heterocycles. The van der Waals surface area contributed by atoms with Crippen LogP contribution in [0.2, 0.25) is 10.0 Å². The van der Waals surface area contributed by atoms with E-state index in [2.05, 4.69) is 30.9 Å². The van der Waals surface area contributed by atoms with Gasteiger partial charge in [0.05, 0.1) is 12.7 Å². The first-order valence-corrected chi connectivity index (χ1v) is 12.8. The van der Waals surface area contributed by atoms with Gasteiger partial charge in [-0.05, 0) is 90.4 Å². The highest BCUT2D eigenvalue weighted by molar-refractivity contribution is 9.10. The Labute approximate surface area is 231 Å². The van der Waals surface area contributed by atoms with Gasteiger partial charge < -0.3 is 14.2 Å². The molecule has 0 radical (unpaired) electrons. The van der Waals surface area contributed by atoms with E-state index >= 15 is 0 Å². The molecule has 2 rings (SSSR count). The number of carbonyl (C=O) groups is 1. The van der Waals surface area contributed by atoms with Gasteiger partial charge in [0, 0.05) is 15.6 Å². The van der Waals surface area contributed by atoms with Crippen molar-refractivity contribution in [1.29, 1.82) is 0 Å². The summed E-state index contributed by atoms with van der Waals surface area (Å²) in [5.74, 6) is 0.179. The van der Waals surface area contributed by atoms with E-state index in [0.29, 0.717) is 20.2 Å². The number of amides is 1. The lowest BCUT2D eigenvalue weighted by Crippen LogP contribution is -2.37. The van der Waals surface area contributed by atoms with E-state index in [1.54, 1.807) is 39.0 Å². The Bertz CT molecular complexity index is 1080. The molecule has 1 aromatic heterocycles. The average Bonchev–Trinajstić information content (AvgIpc) is 2.65. The van der Waals surface area contributed by atoms with Gasteiger partial charge in [0.15, 0.2) is 5.82 Å². The Kier molecular flexibility index (Phi) is 9.64. The van der Waals surface area contributed by atoms with Gasteiger partial charge >= 0.3 is 12.2 Å². The quantitative estimate of drug-likeness (QED) is 0.259. The van der Waals surface area contributed by atoms with Crippen LogP contribution < -0.4 is 4.90 Å². The van der Waals surface area contributed by atoms with Gasteiger partial charge in [0.25, 0.3) is 0 Å². The summed E-state index contributed by atoms with van der Waals surface area (Å²) in [4.78, 5) is 28.1. The Balaban J connectivity index is 2.71. The van der Waals surface area contributed by atoms with Gasteiger partial charge in [-0.2, -0.15) is 4.99 Å². The number of rotatable bonds is 4. The summed E-state index contributed by atoms with van der Waals surface area (Å²) < 4.78 is 18.0. The SMILES string of the molecule is CC(C)(C)OC(=O)N(Cc1c(Cl)cccc1Cl)c1nc(Br)cnc1N=C(OC(C)(C)C)OC(C)(C)C. The van der Waals surface area contributed by atoms with E-state index in [1.807, 2.05) is 41.5 Å². The maximum atomic E-state index is 13.4. The topological polar surface area (TPSA) is 86.1 Å². The van der Waals surface area contributed by atoms with Gasteiger partial charge in [-0.1, -0.05) is 29.3 Å². The molecule has 1 amide bonds. The number of benzene rings is 1. The van der Waals surface area contributed by atoms with Crippen molar-refractivity contribution in [1.82, 2.24) is 9.97 Å². The zero-order chi connectivity index (χ0) is 27.5. The number of anilines is 1. The summed E-state index contributed by atoms with van der Waals surface area (Å²) in [6, 6.07) is 5.10. The molecular weight excluding hydrogens is 571 g/mol. The van der Waals surface area contributed by atoms with Crippen LogP contribution in [0.1, 0.15) is 67.9 Å². The number of aromatic nitrogens is 2. The second-order valence-electron chi connectivity index (χ2n) is 10.9. The smallest absolute Gasteiger partial charge is 0.416 e. The molecule has 8 nitrogen and oxygen atoms in total. The third-order valence-corrected chi connectivity index (χ3v) is 5.03. The molecule has 0 fully saturated rings. The summed E-state index contributed by atoms with van der Waals surface area (Å²) >= 11 is 16.2. The van der Waals surface area contributed by atoms with Crippen LogP contribution in [0.4, 0.5) is 16.4 Å².